The topological polar surface area (TPSA) is 80.3 Å². The highest BCUT2D eigenvalue weighted by Crippen LogP contribution is 2.22. The molecule has 2 N–H and O–H groups in total. The van der Waals surface area contributed by atoms with Crippen molar-refractivity contribution in [3.8, 4) is 5.69 Å². The standard InChI is InChI=1S/C18H19N3O3/c1-13-6-7-16(24-13)18(2,23)11-20-17(22)14-4-3-5-15(10-14)21-9-8-19-12-21/h3-10,12,23H,11H2,1-2H3,(H,20,22). The van der Waals surface area contributed by atoms with Crippen LogP contribution in [0.4, 0.5) is 0 Å². The summed E-state index contributed by atoms with van der Waals surface area (Å²) in [5, 5.41) is 13.2. The van der Waals surface area contributed by atoms with Crippen molar-refractivity contribution < 1.29 is 14.3 Å². The molecule has 0 aliphatic heterocycles. The maximum Gasteiger partial charge on any atom is 0.251 e. The van der Waals surface area contributed by atoms with Gasteiger partial charge in [0.2, 0.25) is 0 Å². The van der Waals surface area contributed by atoms with Crippen molar-refractivity contribution in [3.63, 3.8) is 0 Å². The lowest BCUT2D eigenvalue weighted by atomic mass is 10.0. The van der Waals surface area contributed by atoms with Gasteiger partial charge in [-0.1, -0.05) is 6.07 Å². The van der Waals surface area contributed by atoms with Crippen LogP contribution in [0.1, 0.15) is 28.8 Å². The van der Waals surface area contributed by atoms with E-state index >= 15 is 0 Å². The Labute approximate surface area is 139 Å². The summed E-state index contributed by atoms with van der Waals surface area (Å²) in [6.45, 7) is 3.46. The maximum absolute atomic E-state index is 12.4. The highest BCUT2D eigenvalue weighted by molar-refractivity contribution is 5.94. The van der Waals surface area contributed by atoms with Gasteiger partial charge in [0.05, 0.1) is 12.9 Å². The maximum atomic E-state index is 12.4. The van der Waals surface area contributed by atoms with Crippen molar-refractivity contribution in [2.75, 3.05) is 6.54 Å². The molecular weight excluding hydrogens is 306 g/mol. The van der Waals surface area contributed by atoms with Crippen LogP contribution in [0, 0.1) is 6.92 Å². The first-order valence-corrected chi connectivity index (χ1v) is 7.61. The van der Waals surface area contributed by atoms with E-state index in [1.807, 2.05) is 10.6 Å². The second-order valence-corrected chi connectivity index (χ2v) is 5.89. The molecule has 0 bridgehead atoms. The van der Waals surface area contributed by atoms with E-state index in [9.17, 15) is 9.90 Å². The molecule has 2 aromatic heterocycles. The summed E-state index contributed by atoms with van der Waals surface area (Å²) in [4.78, 5) is 16.4. The minimum atomic E-state index is -1.27. The first kappa shape index (κ1) is 16.0. The van der Waals surface area contributed by atoms with Crippen molar-refractivity contribution in [1.29, 1.82) is 0 Å². The highest BCUT2D eigenvalue weighted by atomic mass is 16.4. The molecule has 124 valence electrons. The first-order valence-electron chi connectivity index (χ1n) is 7.61. The number of hydrogen-bond donors (Lipinski definition) is 2. The van der Waals surface area contributed by atoms with Gasteiger partial charge in [0.15, 0.2) is 0 Å². The monoisotopic (exact) mass is 325 g/mol. The van der Waals surface area contributed by atoms with Crippen molar-refractivity contribution in [1.82, 2.24) is 14.9 Å². The molecule has 1 unspecified atom stereocenters. The zero-order valence-corrected chi connectivity index (χ0v) is 13.6. The van der Waals surface area contributed by atoms with E-state index in [2.05, 4.69) is 10.3 Å². The molecule has 0 saturated heterocycles. The molecule has 0 radical (unpaired) electrons. The SMILES string of the molecule is Cc1ccc(C(C)(O)CNC(=O)c2cccc(-n3ccnc3)c2)o1. The van der Waals surface area contributed by atoms with Gasteiger partial charge < -0.3 is 19.4 Å². The minimum absolute atomic E-state index is 0.0497. The summed E-state index contributed by atoms with van der Waals surface area (Å²) >= 11 is 0. The Bertz CT molecular complexity index is 835. The molecule has 0 aliphatic rings. The van der Waals surface area contributed by atoms with E-state index < -0.39 is 5.60 Å². The minimum Gasteiger partial charge on any atom is -0.463 e. The number of benzene rings is 1. The summed E-state index contributed by atoms with van der Waals surface area (Å²) in [6.07, 6.45) is 5.15. The fourth-order valence-corrected chi connectivity index (χ4v) is 2.39. The van der Waals surface area contributed by atoms with E-state index in [-0.39, 0.29) is 12.5 Å². The molecule has 0 fully saturated rings. The van der Waals surface area contributed by atoms with Crippen molar-refractivity contribution in [3.05, 3.63) is 72.2 Å². The summed E-state index contributed by atoms with van der Waals surface area (Å²) in [6, 6.07) is 10.7. The second kappa shape index (κ2) is 6.33. The Hall–Kier alpha value is -2.86. The van der Waals surface area contributed by atoms with Crippen LogP contribution < -0.4 is 5.32 Å². The van der Waals surface area contributed by atoms with Gasteiger partial charge >= 0.3 is 0 Å². The molecule has 24 heavy (non-hydrogen) atoms. The van der Waals surface area contributed by atoms with Gasteiger partial charge in [-0.05, 0) is 44.2 Å². The average Bonchev–Trinajstić information content (AvgIpc) is 3.24. The number of furan rings is 1. The number of nitrogens with zero attached hydrogens (tertiary/aromatic N) is 2. The van der Waals surface area contributed by atoms with Gasteiger partial charge in [-0.25, -0.2) is 4.98 Å². The van der Waals surface area contributed by atoms with Gasteiger partial charge in [0.1, 0.15) is 17.1 Å². The third-order valence-corrected chi connectivity index (χ3v) is 3.78. The number of aliphatic hydroxyl groups is 1. The van der Waals surface area contributed by atoms with E-state index in [0.29, 0.717) is 17.1 Å². The van der Waals surface area contributed by atoms with Crippen molar-refractivity contribution >= 4 is 5.91 Å². The molecule has 1 aromatic carbocycles. The van der Waals surface area contributed by atoms with Gasteiger partial charge in [-0.3, -0.25) is 4.79 Å². The van der Waals surface area contributed by atoms with Crippen LogP contribution >= 0.6 is 0 Å². The largest absolute Gasteiger partial charge is 0.463 e. The van der Waals surface area contributed by atoms with Crippen LogP contribution in [0.3, 0.4) is 0 Å². The number of aryl methyl sites for hydroxylation is 1. The number of aromatic nitrogens is 2. The van der Waals surface area contributed by atoms with Gasteiger partial charge in [0, 0.05) is 23.6 Å². The predicted octanol–water partition coefficient (Wildman–Crippen LogP) is 2.41. The van der Waals surface area contributed by atoms with E-state index in [4.69, 9.17) is 4.42 Å². The summed E-state index contributed by atoms with van der Waals surface area (Å²) in [7, 11) is 0. The van der Waals surface area contributed by atoms with E-state index in [0.717, 1.165) is 5.69 Å². The smallest absolute Gasteiger partial charge is 0.251 e. The quantitative estimate of drug-likeness (QED) is 0.755. The number of amides is 1. The highest BCUT2D eigenvalue weighted by Gasteiger charge is 2.27. The fourth-order valence-electron chi connectivity index (χ4n) is 2.39. The fraction of sp³-hybridized carbons (Fsp3) is 0.222. The van der Waals surface area contributed by atoms with Crippen LogP contribution in [0.15, 0.2) is 59.5 Å². The molecule has 1 amide bonds. The average molecular weight is 325 g/mol. The van der Waals surface area contributed by atoms with Gasteiger partial charge in [-0.2, -0.15) is 0 Å². The number of carbonyl (C=O) groups excluding carboxylic acids is 1. The van der Waals surface area contributed by atoms with Crippen LogP contribution in [0.5, 0.6) is 0 Å². The molecule has 0 saturated carbocycles. The Balaban J connectivity index is 1.70. The molecule has 1 atom stereocenters. The van der Waals surface area contributed by atoms with Gasteiger partial charge in [-0.15, -0.1) is 0 Å². The van der Waals surface area contributed by atoms with Crippen LogP contribution in [-0.2, 0) is 5.60 Å². The first-order chi connectivity index (χ1) is 11.5. The summed E-state index contributed by atoms with van der Waals surface area (Å²) < 4.78 is 7.26. The lowest BCUT2D eigenvalue weighted by molar-refractivity contribution is 0.0323. The van der Waals surface area contributed by atoms with Gasteiger partial charge in [0.25, 0.3) is 5.91 Å². The number of imidazole rings is 1. The zero-order chi connectivity index (χ0) is 17.2. The number of hydrogen-bond acceptors (Lipinski definition) is 4. The second-order valence-electron chi connectivity index (χ2n) is 5.89. The molecule has 3 rings (SSSR count). The molecule has 2 heterocycles. The summed E-state index contributed by atoms with van der Waals surface area (Å²) in [5.41, 5.74) is 0.0764. The van der Waals surface area contributed by atoms with Crippen LogP contribution in [-0.4, -0.2) is 27.1 Å². The molecule has 0 spiro atoms. The van der Waals surface area contributed by atoms with E-state index in [1.54, 1.807) is 62.9 Å². The Morgan fingerprint density at radius 1 is 1.38 bits per heavy atom. The normalized spacial score (nSPS) is 13.5. The number of nitrogens with one attached hydrogen (secondary N) is 1. The van der Waals surface area contributed by atoms with Crippen LogP contribution in [0.25, 0.3) is 5.69 Å². The third kappa shape index (κ3) is 3.38. The molecule has 6 nitrogen and oxygen atoms in total. The molecular formula is C18H19N3O3. The van der Waals surface area contributed by atoms with Crippen molar-refractivity contribution in [2.45, 2.75) is 19.4 Å². The zero-order valence-electron chi connectivity index (χ0n) is 13.6. The molecule has 0 aliphatic carbocycles. The molecule has 6 heteroatoms. The summed E-state index contributed by atoms with van der Waals surface area (Å²) in [5.74, 6) is 0.873. The predicted molar refractivity (Wildman–Crippen MR) is 88.9 cm³/mol. The van der Waals surface area contributed by atoms with Crippen molar-refractivity contribution in [2.24, 2.45) is 0 Å². The third-order valence-electron chi connectivity index (χ3n) is 3.78. The Kier molecular flexibility index (Phi) is 4.22. The molecule has 3 aromatic rings. The lowest BCUT2D eigenvalue weighted by Gasteiger charge is -2.21. The number of carbonyl (C=O) groups is 1. The lowest BCUT2D eigenvalue weighted by Crippen LogP contribution is -2.38. The van der Waals surface area contributed by atoms with E-state index in [1.165, 1.54) is 0 Å². The Morgan fingerprint density at radius 2 is 2.21 bits per heavy atom. The van der Waals surface area contributed by atoms with Crippen LogP contribution in [0.2, 0.25) is 0 Å². The number of rotatable bonds is 5. The Morgan fingerprint density at radius 3 is 2.88 bits per heavy atom.